The van der Waals surface area contributed by atoms with Crippen LogP contribution in [-0.2, 0) is 0 Å². The zero-order valence-electron chi connectivity index (χ0n) is 14.7. The third-order valence-electron chi connectivity index (χ3n) is 3.95. The first-order valence-electron chi connectivity index (χ1n) is 8.35. The largest absolute Gasteiger partial charge is 0.383 e. The number of hydrogen-bond donors (Lipinski definition) is 2. The second kappa shape index (κ2) is 9.09. The van der Waals surface area contributed by atoms with Crippen molar-refractivity contribution in [2.24, 2.45) is 0 Å². The molecule has 0 aliphatic carbocycles. The lowest BCUT2D eigenvalue weighted by molar-refractivity contribution is 0.0957. The number of thiophene rings is 1. The predicted octanol–water partition coefficient (Wildman–Crippen LogP) is 3.88. The number of hydrogen-bond acceptors (Lipinski definition) is 6. The van der Waals surface area contributed by atoms with Gasteiger partial charge in [-0.2, -0.15) is 4.37 Å². The van der Waals surface area contributed by atoms with Crippen molar-refractivity contribution >= 4 is 61.3 Å². The van der Waals surface area contributed by atoms with E-state index in [4.69, 9.17) is 18.0 Å². The highest BCUT2D eigenvalue weighted by Gasteiger charge is 2.19. The van der Waals surface area contributed by atoms with Gasteiger partial charge in [-0.05, 0) is 23.7 Å². The van der Waals surface area contributed by atoms with Gasteiger partial charge in [0.15, 0.2) is 5.82 Å². The molecule has 1 atom stereocenters. The molecule has 3 rings (SSSR count). The van der Waals surface area contributed by atoms with E-state index in [2.05, 4.69) is 25.8 Å². The normalized spacial score (nSPS) is 11.7. The minimum atomic E-state index is -0.511. The maximum atomic E-state index is 12.4. The molecule has 3 aromatic rings. The molecule has 1 aromatic carbocycles. The second-order valence-electron chi connectivity index (χ2n) is 5.87. The molecule has 0 spiro atoms. The van der Waals surface area contributed by atoms with Crippen molar-refractivity contribution in [1.82, 2.24) is 9.69 Å². The van der Waals surface area contributed by atoms with Gasteiger partial charge in [-0.3, -0.25) is 4.79 Å². The number of amides is 1. The first-order chi connectivity index (χ1) is 13.1. The lowest BCUT2D eigenvalue weighted by Gasteiger charge is -2.17. The number of para-hydroxylation sites is 1. The molecular weight excluding hydrogens is 400 g/mol. The van der Waals surface area contributed by atoms with Crippen LogP contribution in [0, 0.1) is 12.3 Å². The number of benzene rings is 1. The maximum Gasteiger partial charge on any atom is 0.253 e. The maximum absolute atomic E-state index is 12.4. The predicted molar refractivity (Wildman–Crippen MR) is 117 cm³/mol. The standard InChI is InChI=1S/C19H19ClN4OS2/c1-3-13(20)11-22-19(25)15-12-26-17-16(15)27-23-18(17)24(2)10-9-21-14-7-5-4-6-8-14/h1,4-8,12-13,21H,9-11H2,2H3,(H,22,25). The minimum Gasteiger partial charge on any atom is -0.383 e. The van der Waals surface area contributed by atoms with E-state index in [0.717, 1.165) is 34.0 Å². The highest BCUT2D eigenvalue weighted by molar-refractivity contribution is 7.25. The second-order valence-corrected chi connectivity index (χ2v) is 8.05. The third-order valence-corrected chi connectivity index (χ3v) is 6.21. The number of aromatic nitrogens is 1. The van der Waals surface area contributed by atoms with Crippen molar-refractivity contribution in [3.63, 3.8) is 0 Å². The number of carbonyl (C=O) groups excluding carboxylic acids is 1. The third kappa shape index (κ3) is 4.72. The molecule has 8 heteroatoms. The number of terminal acetylenes is 1. The van der Waals surface area contributed by atoms with Gasteiger partial charge in [0, 0.05) is 37.7 Å². The number of alkyl halides is 1. The number of nitrogens with one attached hydrogen (secondary N) is 2. The summed E-state index contributed by atoms with van der Waals surface area (Å²) in [5.74, 6) is 3.10. The molecule has 5 nitrogen and oxygen atoms in total. The molecule has 0 fully saturated rings. The Morgan fingerprint density at radius 3 is 2.89 bits per heavy atom. The summed E-state index contributed by atoms with van der Waals surface area (Å²) in [6.07, 6.45) is 5.23. The number of anilines is 2. The van der Waals surface area contributed by atoms with Crippen LogP contribution in [0.2, 0.25) is 0 Å². The van der Waals surface area contributed by atoms with Crippen LogP contribution in [0.15, 0.2) is 35.7 Å². The molecule has 0 bridgehead atoms. The van der Waals surface area contributed by atoms with Gasteiger partial charge in [0.2, 0.25) is 0 Å². The lowest BCUT2D eigenvalue weighted by atomic mass is 10.3. The topological polar surface area (TPSA) is 57.3 Å². The molecule has 0 saturated heterocycles. The van der Waals surface area contributed by atoms with Crippen LogP contribution in [0.5, 0.6) is 0 Å². The molecule has 0 saturated carbocycles. The number of carbonyl (C=O) groups is 1. The van der Waals surface area contributed by atoms with Gasteiger partial charge in [0.25, 0.3) is 5.91 Å². The Kier molecular flexibility index (Phi) is 6.56. The fourth-order valence-corrected chi connectivity index (χ4v) is 4.77. The van der Waals surface area contributed by atoms with Crippen LogP contribution in [0.1, 0.15) is 10.4 Å². The fraction of sp³-hybridized carbons (Fsp3) is 0.263. The van der Waals surface area contributed by atoms with Crippen LogP contribution in [0.3, 0.4) is 0 Å². The fourth-order valence-electron chi connectivity index (χ4n) is 2.49. The van der Waals surface area contributed by atoms with Gasteiger partial charge in [0.05, 0.1) is 15.0 Å². The zero-order valence-corrected chi connectivity index (χ0v) is 17.1. The molecule has 1 unspecified atom stereocenters. The summed E-state index contributed by atoms with van der Waals surface area (Å²) in [6, 6.07) is 10.1. The Bertz CT molecular complexity index is 948. The van der Waals surface area contributed by atoms with Crippen LogP contribution in [0.25, 0.3) is 9.40 Å². The first-order valence-corrected chi connectivity index (χ1v) is 10.4. The van der Waals surface area contributed by atoms with Gasteiger partial charge in [-0.15, -0.1) is 29.4 Å². The van der Waals surface area contributed by atoms with Gasteiger partial charge >= 0.3 is 0 Å². The average Bonchev–Trinajstić information content (AvgIpc) is 3.28. The van der Waals surface area contributed by atoms with E-state index in [-0.39, 0.29) is 12.5 Å². The van der Waals surface area contributed by atoms with E-state index >= 15 is 0 Å². The number of rotatable bonds is 8. The molecule has 2 heterocycles. The summed E-state index contributed by atoms with van der Waals surface area (Å²) in [6.45, 7) is 1.83. The molecular formula is C19H19ClN4OS2. The Hall–Kier alpha value is -2.27. The summed E-state index contributed by atoms with van der Waals surface area (Å²) in [7, 11) is 2.01. The monoisotopic (exact) mass is 418 g/mol. The summed E-state index contributed by atoms with van der Waals surface area (Å²) in [5, 5.41) is 7.50. The Labute approximate surface area is 171 Å². The van der Waals surface area contributed by atoms with Gasteiger partial charge < -0.3 is 15.5 Å². The highest BCUT2D eigenvalue weighted by atomic mass is 35.5. The van der Waals surface area contributed by atoms with E-state index in [0.29, 0.717) is 5.56 Å². The Morgan fingerprint density at radius 2 is 2.15 bits per heavy atom. The van der Waals surface area contributed by atoms with Crippen molar-refractivity contribution in [2.45, 2.75) is 5.38 Å². The van der Waals surface area contributed by atoms with Crippen molar-refractivity contribution in [3.8, 4) is 12.3 Å². The molecule has 1 amide bonds. The molecule has 2 N–H and O–H groups in total. The number of likely N-dealkylation sites (N-methyl/N-ethyl adjacent to an activating group) is 1. The molecule has 0 aliphatic heterocycles. The SMILES string of the molecule is C#CC(Cl)CNC(=O)c1csc2c(N(C)CCNc3ccccc3)nsc12. The quantitative estimate of drug-likeness (QED) is 0.430. The van der Waals surface area contributed by atoms with E-state index in [1.165, 1.54) is 22.9 Å². The van der Waals surface area contributed by atoms with Crippen LogP contribution in [0.4, 0.5) is 11.5 Å². The lowest BCUT2D eigenvalue weighted by Crippen LogP contribution is -2.28. The van der Waals surface area contributed by atoms with E-state index in [1.54, 1.807) is 0 Å². The minimum absolute atomic E-state index is 0.175. The van der Waals surface area contributed by atoms with E-state index in [1.807, 2.05) is 42.8 Å². The smallest absolute Gasteiger partial charge is 0.253 e. The first kappa shape index (κ1) is 19.5. The van der Waals surface area contributed by atoms with Gasteiger partial charge in [0.1, 0.15) is 5.38 Å². The zero-order chi connectivity index (χ0) is 19.2. The molecule has 0 aliphatic rings. The van der Waals surface area contributed by atoms with E-state index < -0.39 is 5.38 Å². The molecule has 2 aromatic heterocycles. The summed E-state index contributed by atoms with van der Waals surface area (Å²) >= 11 is 8.72. The van der Waals surface area contributed by atoms with Crippen molar-refractivity contribution in [3.05, 3.63) is 41.3 Å². The number of nitrogens with zero attached hydrogens (tertiary/aromatic N) is 2. The Morgan fingerprint density at radius 1 is 1.37 bits per heavy atom. The summed E-state index contributed by atoms with van der Waals surface area (Å²) < 4.78 is 6.46. The Balaban J connectivity index is 1.63. The van der Waals surface area contributed by atoms with Crippen molar-refractivity contribution in [1.29, 1.82) is 0 Å². The van der Waals surface area contributed by atoms with Gasteiger partial charge in [-0.25, -0.2) is 0 Å². The number of halogens is 1. The summed E-state index contributed by atoms with van der Waals surface area (Å²) in [4.78, 5) is 14.5. The highest BCUT2D eigenvalue weighted by Crippen LogP contribution is 2.36. The van der Waals surface area contributed by atoms with Crippen molar-refractivity contribution < 1.29 is 4.79 Å². The van der Waals surface area contributed by atoms with Crippen LogP contribution in [-0.4, -0.2) is 42.3 Å². The van der Waals surface area contributed by atoms with Crippen LogP contribution >= 0.6 is 34.5 Å². The molecule has 140 valence electrons. The summed E-state index contributed by atoms with van der Waals surface area (Å²) in [5.41, 5.74) is 1.71. The van der Waals surface area contributed by atoms with Gasteiger partial charge in [-0.1, -0.05) is 24.1 Å². The van der Waals surface area contributed by atoms with Crippen LogP contribution < -0.4 is 15.5 Å². The molecule has 0 radical (unpaired) electrons. The van der Waals surface area contributed by atoms with E-state index in [9.17, 15) is 4.79 Å². The molecule has 27 heavy (non-hydrogen) atoms. The average molecular weight is 419 g/mol. The van der Waals surface area contributed by atoms with Crippen molar-refractivity contribution in [2.75, 3.05) is 36.9 Å². The number of fused-ring (bicyclic) bond motifs is 1.